The number of ether oxygens (including phenoxy) is 1. The number of hydrogen-bond donors (Lipinski definition) is 3. The van der Waals surface area contributed by atoms with E-state index in [1.165, 1.54) is 6.20 Å². The van der Waals surface area contributed by atoms with Gasteiger partial charge in [0.2, 0.25) is 5.91 Å². The minimum Gasteiger partial charge on any atom is -0.444 e. The third-order valence-corrected chi connectivity index (χ3v) is 3.37. The lowest BCUT2D eigenvalue weighted by molar-refractivity contribution is -0.116. The Morgan fingerprint density at radius 1 is 0.964 bits per heavy atom. The standard InChI is InChI=1S/C20H24N4O4/c1-20(2,3)28-19(27)22-13-11-17(25)23-14-8-4-5-9-15(14)24-18(26)16-10-6-7-12-21-16/h4-10,12H,11,13H2,1-3H3,(H,22,27)(H,23,25)(H,24,26). The van der Waals surface area contributed by atoms with Gasteiger partial charge in [-0.15, -0.1) is 0 Å². The molecule has 0 aliphatic heterocycles. The molecule has 3 N–H and O–H groups in total. The van der Waals surface area contributed by atoms with Gasteiger partial charge in [-0.1, -0.05) is 18.2 Å². The summed E-state index contributed by atoms with van der Waals surface area (Å²) in [4.78, 5) is 40.0. The number of anilines is 2. The topological polar surface area (TPSA) is 109 Å². The van der Waals surface area contributed by atoms with Crippen molar-refractivity contribution in [3.8, 4) is 0 Å². The zero-order valence-electron chi connectivity index (χ0n) is 16.1. The monoisotopic (exact) mass is 384 g/mol. The second-order valence-corrected chi connectivity index (χ2v) is 6.94. The van der Waals surface area contributed by atoms with E-state index in [-0.39, 0.29) is 30.5 Å². The van der Waals surface area contributed by atoms with E-state index in [0.29, 0.717) is 11.4 Å². The zero-order valence-corrected chi connectivity index (χ0v) is 16.1. The largest absolute Gasteiger partial charge is 0.444 e. The summed E-state index contributed by atoms with van der Waals surface area (Å²) in [7, 11) is 0. The Morgan fingerprint density at radius 3 is 2.21 bits per heavy atom. The summed E-state index contributed by atoms with van der Waals surface area (Å²) in [6.07, 6.45) is 1.01. The minimum atomic E-state index is -0.600. The van der Waals surface area contributed by atoms with Gasteiger partial charge in [0.15, 0.2) is 0 Å². The number of para-hydroxylation sites is 2. The van der Waals surface area contributed by atoms with Crippen molar-refractivity contribution in [3.05, 3.63) is 54.4 Å². The molecule has 2 rings (SSSR count). The lowest BCUT2D eigenvalue weighted by Crippen LogP contribution is -2.34. The molecule has 0 spiro atoms. The van der Waals surface area contributed by atoms with Gasteiger partial charge in [0, 0.05) is 19.2 Å². The summed E-state index contributed by atoms with van der Waals surface area (Å²) < 4.78 is 5.11. The number of carbonyl (C=O) groups excluding carboxylic acids is 3. The number of aromatic nitrogens is 1. The maximum Gasteiger partial charge on any atom is 0.407 e. The Labute approximate surface area is 163 Å². The van der Waals surface area contributed by atoms with Gasteiger partial charge in [-0.05, 0) is 45.0 Å². The summed E-state index contributed by atoms with van der Waals surface area (Å²) in [6, 6.07) is 11.9. The van der Waals surface area contributed by atoms with Crippen LogP contribution in [0.1, 0.15) is 37.7 Å². The van der Waals surface area contributed by atoms with Crippen LogP contribution in [0.25, 0.3) is 0 Å². The molecule has 8 nitrogen and oxygen atoms in total. The van der Waals surface area contributed by atoms with Crippen LogP contribution in [-0.4, -0.2) is 35.0 Å². The van der Waals surface area contributed by atoms with Crippen molar-refractivity contribution in [2.75, 3.05) is 17.2 Å². The van der Waals surface area contributed by atoms with Crippen LogP contribution in [0.4, 0.5) is 16.2 Å². The average molecular weight is 384 g/mol. The van der Waals surface area contributed by atoms with Crippen molar-refractivity contribution in [2.45, 2.75) is 32.8 Å². The number of rotatable bonds is 6. The molecular formula is C20H24N4O4. The molecule has 0 unspecified atom stereocenters. The lowest BCUT2D eigenvalue weighted by Gasteiger charge is -2.19. The lowest BCUT2D eigenvalue weighted by atomic mass is 10.2. The molecule has 0 fully saturated rings. The minimum absolute atomic E-state index is 0.0573. The van der Waals surface area contributed by atoms with Crippen LogP contribution in [0.15, 0.2) is 48.7 Å². The maximum absolute atomic E-state index is 12.3. The van der Waals surface area contributed by atoms with Crippen LogP contribution in [0, 0.1) is 0 Å². The third-order valence-electron chi connectivity index (χ3n) is 3.37. The molecule has 1 aromatic heterocycles. The maximum atomic E-state index is 12.3. The number of amides is 3. The van der Waals surface area contributed by atoms with Crippen molar-refractivity contribution in [2.24, 2.45) is 0 Å². The highest BCUT2D eigenvalue weighted by atomic mass is 16.6. The smallest absolute Gasteiger partial charge is 0.407 e. The Bertz CT molecular complexity index is 832. The van der Waals surface area contributed by atoms with Gasteiger partial charge in [-0.2, -0.15) is 0 Å². The first-order chi connectivity index (χ1) is 13.2. The molecule has 3 amide bonds. The van der Waals surface area contributed by atoms with Gasteiger partial charge in [-0.3, -0.25) is 14.6 Å². The molecule has 2 aromatic rings. The van der Waals surface area contributed by atoms with E-state index in [2.05, 4.69) is 20.9 Å². The van der Waals surface area contributed by atoms with Gasteiger partial charge >= 0.3 is 6.09 Å². The van der Waals surface area contributed by atoms with Crippen LogP contribution in [-0.2, 0) is 9.53 Å². The Morgan fingerprint density at radius 2 is 1.61 bits per heavy atom. The number of alkyl carbamates (subject to hydrolysis) is 1. The first kappa shape index (κ1) is 20.9. The van der Waals surface area contributed by atoms with Gasteiger partial charge in [0.05, 0.1) is 11.4 Å². The van der Waals surface area contributed by atoms with E-state index in [1.54, 1.807) is 63.2 Å². The summed E-state index contributed by atoms with van der Waals surface area (Å²) in [6.45, 7) is 5.41. The molecule has 28 heavy (non-hydrogen) atoms. The molecule has 1 heterocycles. The molecule has 0 saturated carbocycles. The van der Waals surface area contributed by atoms with Crippen molar-refractivity contribution < 1.29 is 19.1 Å². The van der Waals surface area contributed by atoms with Crippen LogP contribution in [0.5, 0.6) is 0 Å². The molecule has 0 saturated heterocycles. The van der Waals surface area contributed by atoms with E-state index in [9.17, 15) is 14.4 Å². The average Bonchev–Trinajstić information content (AvgIpc) is 2.62. The van der Waals surface area contributed by atoms with Crippen LogP contribution >= 0.6 is 0 Å². The number of carbonyl (C=O) groups is 3. The normalized spacial score (nSPS) is 10.7. The third kappa shape index (κ3) is 7.06. The van der Waals surface area contributed by atoms with Crippen molar-refractivity contribution >= 4 is 29.3 Å². The summed E-state index contributed by atoms with van der Waals surface area (Å²) in [5, 5.41) is 7.97. The molecule has 0 atom stereocenters. The summed E-state index contributed by atoms with van der Waals surface area (Å²) in [5.41, 5.74) is 0.572. The molecule has 1 aromatic carbocycles. The highest BCUT2D eigenvalue weighted by molar-refractivity contribution is 6.06. The number of nitrogens with zero attached hydrogens (tertiary/aromatic N) is 1. The number of nitrogens with one attached hydrogen (secondary N) is 3. The molecular weight excluding hydrogens is 360 g/mol. The van der Waals surface area contributed by atoms with E-state index in [4.69, 9.17) is 4.74 Å². The van der Waals surface area contributed by atoms with Crippen LogP contribution in [0.2, 0.25) is 0 Å². The van der Waals surface area contributed by atoms with Gasteiger partial charge in [0.1, 0.15) is 11.3 Å². The number of benzene rings is 1. The fourth-order valence-electron chi connectivity index (χ4n) is 2.19. The first-order valence-corrected chi connectivity index (χ1v) is 8.83. The Balaban J connectivity index is 1.89. The molecule has 0 bridgehead atoms. The number of hydrogen-bond acceptors (Lipinski definition) is 5. The Hall–Kier alpha value is -3.42. The highest BCUT2D eigenvalue weighted by Gasteiger charge is 2.16. The zero-order chi connectivity index (χ0) is 20.6. The SMILES string of the molecule is CC(C)(C)OC(=O)NCCC(=O)Nc1ccccc1NC(=O)c1ccccn1. The highest BCUT2D eigenvalue weighted by Crippen LogP contribution is 2.21. The predicted octanol–water partition coefficient (Wildman–Crippen LogP) is 3.19. The summed E-state index contributed by atoms with van der Waals surface area (Å²) >= 11 is 0. The molecule has 0 radical (unpaired) electrons. The molecule has 0 aliphatic carbocycles. The van der Waals surface area contributed by atoms with E-state index in [0.717, 1.165) is 0 Å². The van der Waals surface area contributed by atoms with E-state index < -0.39 is 11.7 Å². The quantitative estimate of drug-likeness (QED) is 0.709. The molecule has 148 valence electrons. The second-order valence-electron chi connectivity index (χ2n) is 6.94. The predicted molar refractivity (Wildman–Crippen MR) is 106 cm³/mol. The second kappa shape index (κ2) is 9.50. The first-order valence-electron chi connectivity index (χ1n) is 8.83. The van der Waals surface area contributed by atoms with Crippen LogP contribution in [0.3, 0.4) is 0 Å². The fraction of sp³-hybridized carbons (Fsp3) is 0.300. The van der Waals surface area contributed by atoms with Crippen molar-refractivity contribution in [1.82, 2.24) is 10.3 Å². The number of pyridine rings is 1. The van der Waals surface area contributed by atoms with Gasteiger partial charge in [0.25, 0.3) is 5.91 Å². The van der Waals surface area contributed by atoms with Crippen LogP contribution < -0.4 is 16.0 Å². The fourth-order valence-corrected chi connectivity index (χ4v) is 2.19. The van der Waals surface area contributed by atoms with Crippen molar-refractivity contribution in [3.63, 3.8) is 0 Å². The van der Waals surface area contributed by atoms with Gasteiger partial charge < -0.3 is 20.7 Å². The molecule has 0 aliphatic rings. The van der Waals surface area contributed by atoms with Crippen molar-refractivity contribution in [1.29, 1.82) is 0 Å². The van der Waals surface area contributed by atoms with Gasteiger partial charge in [-0.25, -0.2) is 4.79 Å². The summed E-state index contributed by atoms with van der Waals surface area (Å²) in [5.74, 6) is -0.690. The van der Waals surface area contributed by atoms with E-state index >= 15 is 0 Å². The molecule has 8 heteroatoms. The Kier molecular flexibility index (Phi) is 7.08. The van der Waals surface area contributed by atoms with E-state index in [1.807, 2.05) is 0 Å².